The highest BCUT2D eigenvalue weighted by Gasteiger charge is 2.24. The van der Waals surface area contributed by atoms with Crippen LogP contribution in [0.15, 0.2) is 0 Å². The van der Waals surface area contributed by atoms with Gasteiger partial charge in [0.15, 0.2) is 0 Å². The first-order valence-corrected chi connectivity index (χ1v) is 7.77. The largest absolute Gasteiger partial charge is 0.444 e. The van der Waals surface area contributed by atoms with E-state index in [4.69, 9.17) is 10.5 Å². The van der Waals surface area contributed by atoms with Gasteiger partial charge in [0, 0.05) is 24.7 Å². The number of alkyl carbamates (subject to hydrolysis) is 1. The Bertz CT molecular complexity index is 296. The van der Waals surface area contributed by atoms with Gasteiger partial charge in [-0.25, -0.2) is 4.79 Å². The van der Waals surface area contributed by atoms with Crippen molar-refractivity contribution >= 4 is 6.09 Å². The number of hydrogen-bond acceptors (Lipinski definition) is 4. The summed E-state index contributed by atoms with van der Waals surface area (Å²) in [6, 6.07) is 0.572. The maximum absolute atomic E-state index is 11.8. The Kier molecular flexibility index (Phi) is 6.76. The van der Waals surface area contributed by atoms with Crippen molar-refractivity contribution in [1.29, 1.82) is 0 Å². The fraction of sp³-hybridized carbons (Fsp3) is 0.933. The Morgan fingerprint density at radius 2 is 1.90 bits per heavy atom. The second-order valence-corrected chi connectivity index (χ2v) is 6.78. The molecule has 2 unspecified atom stereocenters. The van der Waals surface area contributed by atoms with E-state index in [0.717, 1.165) is 0 Å². The van der Waals surface area contributed by atoms with Gasteiger partial charge in [-0.15, -0.1) is 0 Å². The number of carbonyl (C=O) groups is 1. The molecule has 0 radical (unpaired) electrons. The molecule has 2 atom stereocenters. The molecule has 0 aliphatic heterocycles. The van der Waals surface area contributed by atoms with Crippen LogP contribution < -0.4 is 16.4 Å². The zero-order valence-corrected chi connectivity index (χ0v) is 13.4. The molecule has 0 aromatic rings. The Morgan fingerprint density at radius 3 is 2.40 bits per heavy atom. The highest BCUT2D eigenvalue weighted by atomic mass is 16.6. The first kappa shape index (κ1) is 17.2. The summed E-state index contributed by atoms with van der Waals surface area (Å²) in [6.07, 6.45) is 5.92. The average molecular weight is 285 g/mol. The minimum atomic E-state index is -0.473. The van der Waals surface area contributed by atoms with E-state index in [1.54, 1.807) is 0 Å². The first-order chi connectivity index (χ1) is 9.31. The van der Waals surface area contributed by atoms with Gasteiger partial charge in [0.05, 0.1) is 0 Å². The van der Waals surface area contributed by atoms with E-state index in [-0.39, 0.29) is 18.2 Å². The number of rotatable bonds is 5. The summed E-state index contributed by atoms with van der Waals surface area (Å²) in [4.78, 5) is 11.8. The molecule has 1 rings (SSSR count). The molecule has 1 amide bonds. The topological polar surface area (TPSA) is 76.4 Å². The lowest BCUT2D eigenvalue weighted by Crippen LogP contribution is -2.55. The molecule has 5 nitrogen and oxygen atoms in total. The minimum Gasteiger partial charge on any atom is -0.444 e. The van der Waals surface area contributed by atoms with Crippen molar-refractivity contribution in [2.24, 2.45) is 5.73 Å². The zero-order valence-electron chi connectivity index (χ0n) is 13.4. The van der Waals surface area contributed by atoms with Gasteiger partial charge in [0.1, 0.15) is 5.60 Å². The second kappa shape index (κ2) is 7.84. The zero-order chi connectivity index (χ0) is 15.2. The smallest absolute Gasteiger partial charge is 0.407 e. The Morgan fingerprint density at radius 1 is 1.30 bits per heavy atom. The van der Waals surface area contributed by atoms with Gasteiger partial charge in [0.2, 0.25) is 0 Å². The summed E-state index contributed by atoms with van der Waals surface area (Å²) in [5.74, 6) is 0. The number of amides is 1. The summed E-state index contributed by atoms with van der Waals surface area (Å²) in [5, 5.41) is 6.45. The Labute approximate surface area is 123 Å². The van der Waals surface area contributed by atoms with Crippen LogP contribution >= 0.6 is 0 Å². The van der Waals surface area contributed by atoms with Crippen LogP contribution in [0.5, 0.6) is 0 Å². The van der Waals surface area contributed by atoms with Crippen molar-refractivity contribution in [3.8, 4) is 0 Å². The number of hydrogen-bond donors (Lipinski definition) is 3. The van der Waals surface area contributed by atoms with Crippen LogP contribution in [0.3, 0.4) is 0 Å². The van der Waals surface area contributed by atoms with Gasteiger partial charge >= 0.3 is 6.09 Å². The van der Waals surface area contributed by atoms with Crippen molar-refractivity contribution in [3.05, 3.63) is 0 Å². The standard InChI is InChI=1S/C15H31N3O2/c1-11(17-14(19)20-15(2,3)4)13(10-16)18-12-8-6-5-7-9-12/h11-13,18H,5-10,16H2,1-4H3,(H,17,19). The van der Waals surface area contributed by atoms with E-state index in [9.17, 15) is 4.79 Å². The summed E-state index contributed by atoms with van der Waals surface area (Å²) < 4.78 is 5.27. The van der Waals surface area contributed by atoms with Gasteiger partial charge in [-0.2, -0.15) is 0 Å². The monoisotopic (exact) mass is 285 g/mol. The number of carbonyl (C=O) groups excluding carboxylic acids is 1. The number of nitrogens with two attached hydrogens (primary N) is 1. The molecular formula is C15H31N3O2. The predicted molar refractivity (Wildman–Crippen MR) is 81.7 cm³/mol. The van der Waals surface area contributed by atoms with E-state index >= 15 is 0 Å². The fourth-order valence-electron chi connectivity index (χ4n) is 2.58. The van der Waals surface area contributed by atoms with Crippen LogP contribution in [0, 0.1) is 0 Å². The van der Waals surface area contributed by atoms with Crippen LogP contribution in [-0.2, 0) is 4.74 Å². The maximum atomic E-state index is 11.8. The molecular weight excluding hydrogens is 254 g/mol. The van der Waals surface area contributed by atoms with Crippen LogP contribution in [0.1, 0.15) is 59.8 Å². The third kappa shape index (κ3) is 6.57. The SMILES string of the molecule is CC(NC(=O)OC(C)(C)C)C(CN)NC1CCCCC1. The quantitative estimate of drug-likeness (QED) is 0.723. The van der Waals surface area contributed by atoms with Crippen molar-refractivity contribution < 1.29 is 9.53 Å². The highest BCUT2D eigenvalue weighted by molar-refractivity contribution is 5.68. The van der Waals surface area contributed by atoms with E-state index in [1.165, 1.54) is 32.1 Å². The minimum absolute atomic E-state index is 0.0447. The molecule has 0 aromatic carbocycles. The van der Waals surface area contributed by atoms with Crippen LogP contribution in [0.25, 0.3) is 0 Å². The third-order valence-corrected chi connectivity index (χ3v) is 3.66. The van der Waals surface area contributed by atoms with Crippen LogP contribution in [0.4, 0.5) is 4.79 Å². The molecule has 118 valence electrons. The lowest BCUT2D eigenvalue weighted by atomic mass is 9.94. The lowest BCUT2D eigenvalue weighted by molar-refractivity contribution is 0.0496. The molecule has 1 fully saturated rings. The molecule has 0 heterocycles. The van der Waals surface area contributed by atoms with Gasteiger partial charge < -0.3 is 21.1 Å². The third-order valence-electron chi connectivity index (χ3n) is 3.66. The highest BCUT2D eigenvalue weighted by Crippen LogP contribution is 2.18. The van der Waals surface area contributed by atoms with E-state index < -0.39 is 5.60 Å². The average Bonchev–Trinajstić information content (AvgIpc) is 2.34. The molecule has 20 heavy (non-hydrogen) atoms. The molecule has 0 spiro atoms. The van der Waals surface area contributed by atoms with Crippen LogP contribution in [-0.4, -0.2) is 36.4 Å². The van der Waals surface area contributed by atoms with Crippen molar-refractivity contribution in [2.75, 3.05) is 6.54 Å². The number of nitrogens with one attached hydrogen (secondary N) is 2. The maximum Gasteiger partial charge on any atom is 0.407 e. The van der Waals surface area contributed by atoms with Gasteiger partial charge in [-0.1, -0.05) is 19.3 Å². The molecule has 0 bridgehead atoms. The predicted octanol–water partition coefficient (Wildman–Crippen LogP) is 2.15. The molecule has 5 heteroatoms. The molecule has 1 saturated carbocycles. The van der Waals surface area contributed by atoms with Crippen molar-refractivity contribution in [2.45, 2.75) is 83.5 Å². The van der Waals surface area contributed by atoms with Crippen molar-refractivity contribution in [1.82, 2.24) is 10.6 Å². The van der Waals surface area contributed by atoms with E-state index in [0.29, 0.717) is 12.6 Å². The Hall–Kier alpha value is -0.810. The van der Waals surface area contributed by atoms with E-state index in [1.807, 2.05) is 27.7 Å². The molecule has 0 aromatic heterocycles. The molecule has 0 saturated heterocycles. The van der Waals surface area contributed by atoms with Crippen LogP contribution in [0.2, 0.25) is 0 Å². The summed E-state index contributed by atoms with van der Waals surface area (Å²) in [7, 11) is 0. The lowest BCUT2D eigenvalue weighted by Gasteiger charge is -2.32. The second-order valence-electron chi connectivity index (χ2n) is 6.78. The van der Waals surface area contributed by atoms with Gasteiger partial charge in [-0.3, -0.25) is 0 Å². The number of ether oxygens (including phenoxy) is 1. The first-order valence-electron chi connectivity index (χ1n) is 7.77. The molecule has 4 N–H and O–H groups in total. The van der Waals surface area contributed by atoms with E-state index in [2.05, 4.69) is 10.6 Å². The molecule has 1 aliphatic carbocycles. The summed E-state index contributed by atoms with van der Waals surface area (Å²) >= 11 is 0. The molecule has 1 aliphatic rings. The fourth-order valence-corrected chi connectivity index (χ4v) is 2.58. The van der Waals surface area contributed by atoms with Crippen molar-refractivity contribution in [3.63, 3.8) is 0 Å². The van der Waals surface area contributed by atoms with Gasteiger partial charge in [0.25, 0.3) is 0 Å². The summed E-state index contributed by atoms with van der Waals surface area (Å²) in [5.41, 5.74) is 5.37. The van der Waals surface area contributed by atoms with Gasteiger partial charge in [-0.05, 0) is 40.5 Å². The summed E-state index contributed by atoms with van der Waals surface area (Å²) in [6.45, 7) is 8.05. The normalized spacial score (nSPS) is 20.2. The Balaban J connectivity index is 2.41.